The van der Waals surface area contributed by atoms with Gasteiger partial charge in [0.15, 0.2) is 5.78 Å². The van der Waals surface area contributed by atoms with Crippen molar-refractivity contribution >= 4 is 22.5 Å². The first-order valence-electron chi connectivity index (χ1n) is 6.61. The summed E-state index contributed by atoms with van der Waals surface area (Å²) in [6, 6.07) is -0.498. The number of rotatable bonds is 6. The fraction of sp³-hybridized carbons (Fsp3) is 0.846. The van der Waals surface area contributed by atoms with Gasteiger partial charge < -0.3 is 10.1 Å². The number of hydrogen-bond donors (Lipinski definition) is 1. The van der Waals surface area contributed by atoms with E-state index >= 15 is 0 Å². The Balaban J connectivity index is 2.50. The summed E-state index contributed by atoms with van der Waals surface area (Å²) in [5.74, 6) is -0.434. The van der Waals surface area contributed by atoms with Gasteiger partial charge in [-0.1, -0.05) is 13.8 Å². The minimum atomic E-state index is -1.25. The summed E-state index contributed by atoms with van der Waals surface area (Å²) in [7, 11) is -1.25. The molecule has 110 valence electrons. The second-order valence-corrected chi connectivity index (χ2v) is 6.98. The summed E-state index contributed by atoms with van der Waals surface area (Å²) >= 11 is 0. The fourth-order valence-electron chi connectivity index (χ4n) is 2.25. The summed E-state index contributed by atoms with van der Waals surface area (Å²) in [6.07, 6.45) is 0.656. The van der Waals surface area contributed by atoms with Crippen molar-refractivity contribution in [1.82, 2.24) is 5.32 Å². The van der Waals surface area contributed by atoms with E-state index in [1.165, 1.54) is 6.92 Å². The van der Waals surface area contributed by atoms with Crippen LogP contribution in [0.1, 0.15) is 34.1 Å². The van der Waals surface area contributed by atoms with E-state index in [9.17, 15) is 13.8 Å². The van der Waals surface area contributed by atoms with Gasteiger partial charge in [-0.25, -0.2) is 0 Å². The lowest BCUT2D eigenvalue weighted by atomic mass is 10.0. The number of hydrogen-bond acceptors (Lipinski definition) is 4. The number of ketones is 1. The van der Waals surface area contributed by atoms with Crippen molar-refractivity contribution in [3.05, 3.63) is 0 Å². The molecule has 1 saturated heterocycles. The van der Waals surface area contributed by atoms with Crippen molar-refractivity contribution in [1.29, 1.82) is 0 Å². The van der Waals surface area contributed by atoms with Crippen LogP contribution in [0.3, 0.4) is 0 Å². The zero-order valence-corrected chi connectivity index (χ0v) is 12.8. The molecule has 1 fully saturated rings. The molecular formula is C13H23NO4S. The van der Waals surface area contributed by atoms with Crippen molar-refractivity contribution in [2.45, 2.75) is 51.5 Å². The predicted octanol–water partition coefficient (Wildman–Crippen LogP) is 0.642. The highest BCUT2D eigenvalue weighted by molar-refractivity contribution is 7.86. The normalized spacial score (nSPS) is 26.2. The molecule has 0 aromatic carbocycles. The Kier molecular flexibility index (Phi) is 6.13. The van der Waals surface area contributed by atoms with E-state index in [1.54, 1.807) is 0 Å². The third-order valence-electron chi connectivity index (χ3n) is 3.34. The highest BCUT2D eigenvalue weighted by atomic mass is 32.2. The maximum absolute atomic E-state index is 12.1. The van der Waals surface area contributed by atoms with Crippen molar-refractivity contribution < 1.29 is 18.5 Å². The minimum absolute atomic E-state index is 0.0311. The molecule has 0 bridgehead atoms. The average Bonchev–Trinajstić information content (AvgIpc) is 2.71. The maximum Gasteiger partial charge on any atom is 0.233 e. The molecule has 0 aromatic rings. The first kappa shape index (κ1) is 16.3. The van der Waals surface area contributed by atoms with Crippen molar-refractivity contribution in [2.24, 2.45) is 5.92 Å². The number of nitrogens with one attached hydrogen (secondary N) is 1. The van der Waals surface area contributed by atoms with Crippen LogP contribution in [0.5, 0.6) is 0 Å². The largest absolute Gasteiger partial charge is 0.377 e. The molecular weight excluding hydrogens is 266 g/mol. The van der Waals surface area contributed by atoms with Crippen LogP contribution in [0.25, 0.3) is 0 Å². The third-order valence-corrected chi connectivity index (χ3v) is 5.18. The molecule has 1 aliphatic heterocycles. The van der Waals surface area contributed by atoms with Gasteiger partial charge in [0.25, 0.3) is 0 Å². The quantitative estimate of drug-likeness (QED) is 0.779. The smallest absolute Gasteiger partial charge is 0.233 e. The van der Waals surface area contributed by atoms with Gasteiger partial charge in [-0.05, 0) is 26.2 Å². The highest BCUT2D eigenvalue weighted by Gasteiger charge is 2.31. The van der Waals surface area contributed by atoms with Crippen molar-refractivity contribution in [3.63, 3.8) is 0 Å². The van der Waals surface area contributed by atoms with Gasteiger partial charge in [0, 0.05) is 17.4 Å². The second kappa shape index (κ2) is 7.14. The topological polar surface area (TPSA) is 72.5 Å². The minimum Gasteiger partial charge on any atom is -0.377 e. The molecule has 1 heterocycles. The summed E-state index contributed by atoms with van der Waals surface area (Å²) < 4.78 is 17.4. The molecule has 4 atom stereocenters. The first-order valence-corrected chi connectivity index (χ1v) is 7.99. The standard InChI is InChI=1S/C13H23NO4S/c1-8(2)13(9(3)15)14-12(16)7-19(17)11-5-6-18-10(11)4/h8,10-11,13H,5-7H2,1-4H3,(H,14,16). The summed E-state index contributed by atoms with van der Waals surface area (Å²) in [5.41, 5.74) is 0. The van der Waals surface area contributed by atoms with Crippen LogP contribution in [0.2, 0.25) is 0 Å². The second-order valence-electron chi connectivity index (χ2n) is 5.33. The maximum atomic E-state index is 12.1. The van der Waals surface area contributed by atoms with Gasteiger partial charge in [-0.3, -0.25) is 13.8 Å². The molecule has 4 unspecified atom stereocenters. The van der Waals surface area contributed by atoms with E-state index in [1.807, 2.05) is 20.8 Å². The van der Waals surface area contributed by atoms with E-state index in [0.29, 0.717) is 6.61 Å². The monoisotopic (exact) mass is 289 g/mol. The number of Topliss-reactive ketones (excluding diaryl/α,β-unsaturated/α-hetero) is 1. The van der Waals surface area contributed by atoms with Crippen molar-refractivity contribution in [2.75, 3.05) is 12.4 Å². The zero-order valence-electron chi connectivity index (χ0n) is 12.0. The lowest BCUT2D eigenvalue weighted by Crippen LogP contribution is -2.45. The Morgan fingerprint density at radius 3 is 2.47 bits per heavy atom. The van der Waals surface area contributed by atoms with Gasteiger partial charge >= 0.3 is 0 Å². The molecule has 0 aromatic heterocycles. The van der Waals surface area contributed by atoms with Gasteiger partial charge in [-0.2, -0.15) is 0 Å². The van der Waals surface area contributed by atoms with Crippen LogP contribution in [0, 0.1) is 5.92 Å². The van der Waals surface area contributed by atoms with Crippen LogP contribution in [0.15, 0.2) is 0 Å². The Bertz CT molecular complexity index is 370. The van der Waals surface area contributed by atoms with Crippen LogP contribution in [0.4, 0.5) is 0 Å². The zero-order chi connectivity index (χ0) is 14.6. The molecule has 0 saturated carbocycles. The van der Waals surface area contributed by atoms with Gasteiger partial charge in [0.2, 0.25) is 5.91 Å². The average molecular weight is 289 g/mol. The van der Waals surface area contributed by atoms with E-state index < -0.39 is 16.8 Å². The molecule has 1 N–H and O–H groups in total. The van der Waals surface area contributed by atoms with Crippen LogP contribution in [-0.4, -0.2) is 45.7 Å². The lowest BCUT2D eigenvalue weighted by Gasteiger charge is -2.20. The van der Waals surface area contributed by atoms with Crippen LogP contribution < -0.4 is 5.32 Å². The summed E-state index contributed by atoms with van der Waals surface area (Å²) in [4.78, 5) is 23.2. The lowest BCUT2D eigenvalue weighted by molar-refractivity contribution is -0.126. The Labute approximate surface area is 116 Å². The van der Waals surface area contributed by atoms with E-state index in [0.717, 1.165) is 6.42 Å². The molecule has 6 heteroatoms. The first-order chi connectivity index (χ1) is 8.82. The Hall–Kier alpha value is -0.750. The molecule has 0 spiro atoms. The number of carbonyl (C=O) groups is 2. The van der Waals surface area contributed by atoms with Gasteiger partial charge in [0.05, 0.1) is 17.4 Å². The summed E-state index contributed by atoms with van der Waals surface area (Å²) in [5, 5.41) is 2.58. The highest BCUT2D eigenvalue weighted by Crippen LogP contribution is 2.18. The fourth-order valence-corrected chi connectivity index (χ4v) is 3.67. The number of amides is 1. The summed E-state index contributed by atoms with van der Waals surface area (Å²) in [6.45, 7) is 7.67. The molecule has 1 rings (SSSR count). The SMILES string of the molecule is CC(=O)C(NC(=O)CS(=O)C1CCOC1C)C(C)C. The molecule has 19 heavy (non-hydrogen) atoms. The van der Waals surface area contributed by atoms with Crippen molar-refractivity contribution in [3.8, 4) is 0 Å². The number of ether oxygens (including phenoxy) is 1. The van der Waals surface area contributed by atoms with E-state index in [-0.39, 0.29) is 34.7 Å². The van der Waals surface area contributed by atoms with Crippen LogP contribution >= 0.6 is 0 Å². The van der Waals surface area contributed by atoms with Crippen LogP contribution in [-0.2, 0) is 25.1 Å². The van der Waals surface area contributed by atoms with E-state index in [2.05, 4.69) is 5.32 Å². The van der Waals surface area contributed by atoms with Gasteiger partial charge in [-0.15, -0.1) is 0 Å². The molecule has 1 amide bonds. The van der Waals surface area contributed by atoms with Gasteiger partial charge in [0.1, 0.15) is 5.75 Å². The molecule has 0 aliphatic carbocycles. The van der Waals surface area contributed by atoms with E-state index in [4.69, 9.17) is 4.74 Å². The predicted molar refractivity (Wildman–Crippen MR) is 74.3 cm³/mol. The number of carbonyl (C=O) groups excluding carboxylic acids is 2. The Morgan fingerprint density at radius 2 is 2.05 bits per heavy atom. The Morgan fingerprint density at radius 1 is 1.42 bits per heavy atom. The molecule has 5 nitrogen and oxygen atoms in total. The third kappa shape index (κ3) is 4.69. The molecule has 1 aliphatic rings. The molecule has 0 radical (unpaired) electrons.